The maximum absolute atomic E-state index is 12.5. The number of primary sulfonamides is 1. The van der Waals surface area contributed by atoms with Gasteiger partial charge in [0.15, 0.2) is 6.04 Å². The summed E-state index contributed by atoms with van der Waals surface area (Å²) in [6.07, 6.45) is 1.06. The van der Waals surface area contributed by atoms with E-state index in [1.54, 1.807) is 0 Å². The molecule has 7 heteroatoms. The summed E-state index contributed by atoms with van der Waals surface area (Å²) in [5.74, 6) is 0.476. The first-order valence-corrected chi connectivity index (χ1v) is 11.0. The van der Waals surface area contributed by atoms with Gasteiger partial charge in [0.1, 0.15) is 6.04 Å². The standard InChI is InChI=1S/C21H29N3O3S/c1-14(2)13-17-5-7-18(8-6-17)15(3)23-16(4)21(25)24-19-9-11-20(12-10-19)28(22,26)27/h5-12,14-16,23H,13H2,1-4H3,(H,24,25)(H2,22,26,27)/p+1/t15-,16+/m1/s1. The van der Waals surface area contributed by atoms with Crippen LogP contribution >= 0.6 is 0 Å². The molecule has 0 bridgehead atoms. The highest BCUT2D eigenvalue weighted by Gasteiger charge is 2.20. The Kier molecular flexibility index (Phi) is 7.35. The molecule has 0 aromatic heterocycles. The predicted octanol–water partition coefficient (Wildman–Crippen LogP) is 2.18. The van der Waals surface area contributed by atoms with Crippen LogP contribution in [0.3, 0.4) is 0 Å². The fourth-order valence-electron chi connectivity index (χ4n) is 3.04. The Morgan fingerprint density at radius 1 is 1.00 bits per heavy atom. The Balaban J connectivity index is 1.94. The van der Waals surface area contributed by atoms with Crippen LogP contribution in [0.4, 0.5) is 5.69 Å². The molecule has 2 atom stereocenters. The lowest BCUT2D eigenvalue weighted by Gasteiger charge is -2.17. The highest BCUT2D eigenvalue weighted by molar-refractivity contribution is 7.89. The third kappa shape index (κ3) is 6.44. The zero-order chi connectivity index (χ0) is 20.9. The van der Waals surface area contributed by atoms with Gasteiger partial charge in [-0.25, -0.2) is 13.6 Å². The van der Waals surface area contributed by atoms with Gasteiger partial charge < -0.3 is 10.6 Å². The summed E-state index contributed by atoms with van der Waals surface area (Å²) in [6.45, 7) is 8.32. The lowest BCUT2D eigenvalue weighted by Crippen LogP contribution is -2.91. The Hall–Kier alpha value is -2.22. The van der Waals surface area contributed by atoms with Gasteiger partial charge in [0, 0.05) is 11.3 Å². The van der Waals surface area contributed by atoms with Crippen molar-refractivity contribution in [2.75, 3.05) is 5.32 Å². The van der Waals surface area contributed by atoms with Gasteiger partial charge in [0.2, 0.25) is 10.0 Å². The fourth-order valence-corrected chi connectivity index (χ4v) is 3.56. The van der Waals surface area contributed by atoms with Gasteiger partial charge in [-0.2, -0.15) is 0 Å². The second kappa shape index (κ2) is 9.32. The van der Waals surface area contributed by atoms with Crippen LogP contribution in [-0.4, -0.2) is 20.4 Å². The van der Waals surface area contributed by atoms with E-state index >= 15 is 0 Å². The number of quaternary nitrogens is 1. The third-order valence-electron chi connectivity index (χ3n) is 4.59. The lowest BCUT2D eigenvalue weighted by atomic mass is 9.99. The first-order chi connectivity index (χ1) is 13.1. The molecular weight excluding hydrogens is 374 g/mol. The van der Waals surface area contributed by atoms with Crippen LogP contribution in [0.1, 0.15) is 44.9 Å². The fraction of sp³-hybridized carbons (Fsp3) is 0.381. The minimum atomic E-state index is -3.74. The first-order valence-electron chi connectivity index (χ1n) is 9.44. The molecule has 0 aliphatic heterocycles. The van der Waals surface area contributed by atoms with Crippen molar-refractivity contribution in [1.29, 1.82) is 0 Å². The SMILES string of the molecule is CC(C)Cc1ccc([C@@H](C)[NH2+][C@@H](C)C(=O)Nc2ccc(S(N)(=O)=O)cc2)cc1. The molecule has 0 radical (unpaired) electrons. The van der Waals surface area contributed by atoms with Crippen molar-refractivity contribution in [3.63, 3.8) is 0 Å². The molecule has 0 saturated heterocycles. The first kappa shape index (κ1) is 22.1. The summed E-state index contributed by atoms with van der Waals surface area (Å²) in [6, 6.07) is 14.2. The maximum atomic E-state index is 12.5. The molecule has 2 aromatic rings. The summed E-state index contributed by atoms with van der Waals surface area (Å²) in [5, 5.41) is 9.89. The average Bonchev–Trinajstić information content (AvgIpc) is 2.61. The number of nitrogens with two attached hydrogens (primary N) is 2. The molecule has 6 nitrogen and oxygen atoms in total. The summed E-state index contributed by atoms with van der Waals surface area (Å²) in [5.41, 5.74) is 3.02. The van der Waals surface area contributed by atoms with Crippen molar-refractivity contribution in [1.82, 2.24) is 0 Å². The summed E-state index contributed by atoms with van der Waals surface area (Å²) in [7, 11) is -3.74. The zero-order valence-corrected chi connectivity index (χ0v) is 17.7. The number of rotatable bonds is 8. The van der Waals surface area contributed by atoms with Crippen molar-refractivity contribution < 1.29 is 18.5 Å². The number of nitrogens with one attached hydrogen (secondary N) is 1. The second-order valence-corrected chi connectivity index (χ2v) is 9.23. The van der Waals surface area contributed by atoms with Crippen molar-refractivity contribution in [3.05, 3.63) is 59.7 Å². The van der Waals surface area contributed by atoms with Crippen LogP contribution < -0.4 is 15.8 Å². The van der Waals surface area contributed by atoms with E-state index in [0.717, 1.165) is 6.42 Å². The molecule has 0 aliphatic rings. The number of hydrogen-bond acceptors (Lipinski definition) is 3. The van der Waals surface area contributed by atoms with Gasteiger partial charge >= 0.3 is 0 Å². The molecule has 0 aliphatic carbocycles. The predicted molar refractivity (Wildman–Crippen MR) is 111 cm³/mol. The monoisotopic (exact) mass is 404 g/mol. The van der Waals surface area contributed by atoms with E-state index < -0.39 is 10.0 Å². The molecule has 28 heavy (non-hydrogen) atoms. The Labute approximate surface area is 167 Å². The van der Waals surface area contributed by atoms with Gasteiger partial charge in [-0.05, 0) is 56.0 Å². The van der Waals surface area contributed by atoms with Crippen molar-refractivity contribution >= 4 is 21.6 Å². The quantitative estimate of drug-likeness (QED) is 0.628. The van der Waals surface area contributed by atoms with E-state index in [1.807, 2.05) is 12.2 Å². The number of amides is 1. The van der Waals surface area contributed by atoms with E-state index in [1.165, 1.54) is 35.4 Å². The van der Waals surface area contributed by atoms with Crippen LogP contribution in [0, 0.1) is 5.92 Å². The van der Waals surface area contributed by atoms with Crippen molar-refractivity contribution in [3.8, 4) is 0 Å². The highest BCUT2D eigenvalue weighted by Crippen LogP contribution is 2.14. The van der Waals surface area contributed by atoms with Gasteiger partial charge in [-0.3, -0.25) is 4.79 Å². The van der Waals surface area contributed by atoms with Crippen molar-refractivity contribution in [2.24, 2.45) is 11.1 Å². The van der Waals surface area contributed by atoms with E-state index in [-0.39, 0.29) is 22.9 Å². The minimum absolute atomic E-state index is 0.0136. The van der Waals surface area contributed by atoms with Crippen LogP contribution in [0.25, 0.3) is 0 Å². The maximum Gasteiger partial charge on any atom is 0.282 e. The molecule has 152 valence electrons. The van der Waals surface area contributed by atoms with E-state index in [9.17, 15) is 13.2 Å². The van der Waals surface area contributed by atoms with Gasteiger partial charge in [0.25, 0.3) is 5.91 Å². The normalized spacial score (nSPS) is 13.9. The number of hydrogen-bond donors (Lipinski definition) is 3. The van der Waals surface area contributed by atoms with Crippen molar-refractivity contribution in [2.45, 2.75) is 51.1 Å². The molecule has 0 saturated carbocycles. The van der Waals surface area contributed by atoms with Gasteiger partial charge in [-0.15, -0.1) is 0 Å². The Morgan fingerprint density at radius 3 is 2.07 bits per heavy atom. The largest absolute Gasteiger partial charge is 0.330 e. The number of carbonyl (C=O) groups excluding carboxylic acids is 1. The second-order valence-electron chi connectivity index (χ2n) is 7.67. The van der Waals surface area contributed by atoms with E-state index in [2.05, 4.69) is 50.4 Å². The molecule has 2 rings (SSSR count). The van der Waals surface area contributed by atoms with Crippen LogP contribution in [0.15, 0.2) is 53.4 Å². The Bertz CT molecular complexity index is 891. The van der Waals surface area contributed by atoms with E-state index in [4.69, 9.17) is 5.14 Å². The highest BCUT2D eigenvalue weighted by atomic mass is 32.2. The van der Waals surface area contributed by atoms with Crippen LogP contribution in [0.2, 0.25) is 0 Å². The summed E-state index contributed by atoms with van der Waals surface area (Å²) >= 11 is 0. The molecule has 0 fully saturated rings. The topological polar surface area (TPSA) is 106 Å². The number of anilines is 1. The average molecular weight is 405 g/mol. The molecule has 1 amide bonds. The summed E-state index contributed by atoms with van der Waals surface area (Å²) in [4.78, 5) is 12.5. The number of carbonyl (C=O) groups is 1. The minimum Gasteiger partial charge on any atom is -0.330 e. The Morgan fingerprint density at radius 2 is 1.57 bits per heavy atom. The third-order valence-corrected chi connectivity index (χ3v) is 5.52. The molecule has 0 spiro atoms. The molecular formula is C21H30N3O3S+. The zero-order valence-electron chi connectivity index (χ0n) is 16.8. The van der Waals surface area contributed by atoms with E-state index in [0.29, 0.717) is 11.6 Å². The molecule has 2 aromatic carbocycles. The number of sulfonamides is 1. The summed E-state index contributed by atoms with van der Waals surface area (Å²) < 4.78 is 22.6. The van der Waals surface area contributed by atoms with Gasteiger partial charge in [-0.1, -0.05) is 38.1 Å². The molecule has 0 heterocycles. The molecule has 0 unspecified atom stereocenters. The van der Waals surface area contributed by atoms with Gasteiger partial charge in [0.05, 0.1) is 4.90 Å². The molecule has 5 N–H and O–H groups in total. The van der Waals surface area contributed by atoms with Crippen LogP contribution in [0.5, 0.6) is 0 Å². The smallest absolute Gasteiger partial charge is 0.282 e. The number of benzene rings is 2. The van der Waals surface area contributed by atoms with Crippen LogP contribution in [-0.2, 0) is 21.2 Å². The lowest BCUT2D eigenvalue weighted by molar-refractivity contribution is -0.709.